The summed E-state index contributed by atoms with van der Waals surface area (Å²) in [6.45, 7) is 4.99. The Bertz CT molecular complexity index is 963. The Morgan fingerprint density at radius 2 is 1.97 bits per heavy atom. The summed E-state index contributed by atoms with van der Waals surface area (Å²) in [5, 5.41) is 0.545. The van der Waals surface area contributed by atoms with Gasteiger partial charge in [-0.1, -0.05) is 23.7 Å². The number of hydrogen-bond acceptors (Lipinski definition) is 4. The topological polar surface area (TPSA) is 55.8 Å². The second kappa shape index (κ2) is 7.71. The van der Waals surface area contributed by atoms with E-state index in [2.05, 4.69) is 0 Å². The van der Waals surface area contributed by atoms with Crippen LogP contribution >= 0.6 is 11.6 Å². The van der Waals surface area contributed by atoms with Crippen molar-refractivity contribution in [2.45, 2.75) is 38.7 Å². The van der Waals surface area contributed by atoms with Gasteiger partial charge in [0.2, 0.25) is 0 Å². The fourth-order valence-corrected chi connectivity index (χ4v) is 4.37. The first kappa shape index (κ1) is 19.8. The Morgan fingerprint density at radius 3 is 2.69 bits per heavy atom. The van der Waals surface area contributed by atoms with Crippen molar-refractivity contribution in [3.63, 3.8) is 0 Å². The van der Waals surface area contributed by atoms with E-state index in [4.69, 9.17) is 21.1 Å². The highest BCUT2D eigenvalue weighted by molar-refractivity contribution is 6.31. The van der Waals surface area contributed by atoms with Crippen molar-refractivity contribution >= 4 is 23.3 Å². The second-order valence-corrected chi connectivity index (χ2v) is 8.41. The maximum Gasteiger partial charge on any atom is 0.260 e. The summed E-state index contributed by atoms with van der Waals surface area (Å²) in [5.41, 5.74) is 1.97. The Labute approximate surface area is 175 Å². The smallest absolute Gasteiger partial charge is 0.260 e. The third-order valence-corrected chi connectivity index (χ3v) is 5.94. The highest BCUT2D eigenvalue weighted by atomic mass is 35.5. The standard InChI is InChI=1S/C23H24ClNO4/c1-15-4-3-5-18(10-15)28-14-21(27)25-8-6-23(7-9-25)13-20(26)19-12-17(24)11-16(2)22(19)29-23/h3-5,10-12H,6-9,13-14H2,1-2H3. The lowest BCUT2D eigenvalue weighted by Gasteiger charge is -2.44. The van der Waals surface area contributed by atoms with E-state index in [1.54, 1.807) is 11.0 Å². The first-order valence-electron chi connectivity index (χ1n) is 9.85. The molecule has 1 spiro atoms. The molecular weight excluding hydrogens is 390 g/mol. The number of carbonyl (C=O) groups is 2. The van der Waals surface area contributed by atoms with E-state index >= 15 is 0 Å². The zero-order valence-corrected chi connectivity index (χ0v) is 17.4. The third-order valence-electron chi connectivity index (χ3n) is 5.72. The van der Waals surface area contributed by atoms with E-state index in [1.165, 1.54) is 0 Å². The van der Waals surface area contributed by atoms with Crippen LogP contribution in [0.15, 0.2) is 36.4 Å². The molecular formula is C23H24ClNO4. The molecule has 0 aliphatic carbocycles. The van der Waals surface area contributed by atoms with Gasteiger partial charge in [0, 0.05) is 31.0 Å². The summed E-state index contributed by atoms with van der Waals surface area (Å²) in [6, 6.07) is 11.1. The Kier molecular flexibility index (Phi) is 5.26. The van der Waals surface area contributed by atoms with Gasteiger partial charge < -0.3 is 14.4 Å². The van der Waals surface area contributed by atoms with Crippen LogP contribution in [0.25, 0.3) is 0 Å². The number of likely N-dealkylation sites (tertiary alicyclic amines) is 1. The van der Waals surface area contributed by atoms with Gasteiger partial charge in [0.25, 0.3) is 5.91 Å². The van der Waals surface area contributed by atoms with Crippen molar-refractivity contribution in [1.82, 2.24) is 4.90 Å². The van der Waals surface area contributed by atoms with Crippen molar-refractivity contribution in [2.75, 3.05) is 19.7 Å². The van der Waals surface area contributed by atoms with Crippen LogP contribution in [-0.4, -0.2) is 41.9 Å². The fraction of sp³-hybridized carbons (Fsp3) is 0.391. The number of benzene rings is 2. The average Bonchev–Trinajstić information content (AvgIpc) is 2.68. The van der Waals surface area contributed by atoms with Gasteiger partial charge in [0.15, 0.2) is 12.4 Å². The number of hydrogen-bond donors (Lipinski definition) is 0. The summed E-state index contributed by atoms with van der Waals surface area (Å²) in [4.78, 5) is 27.1. The zero-order valence-electron chi connectivity index (χ0n) is 16.7. The molecule has 2 aliphatic rings. The lowest BCUT2D eigenvalue weighted by Crippen LogP contribution is -2.53. The first-order chi connectivity index (χ1) is 13.8. The molecule has 2 aromatic carbocycles. The van der Waals surface area contributed by atoms with Gasteiger partial charge >= 0.3 is 0 Å². The van der Waals surface area contributed by atoms with E-state index in [1.807, 2.05) is 44.2 Å². The number of aryl methyl sites for hydroxylation is 2. The van der Waals surface area contributed by atoms with Crippen molar-refractivity contribution in [1.29, 1.82) is 0 Å². The highest BCUT2D eigenvalue weighted by Crippen LogP contribution is 2.42. The first-order valence-corrected chi connectivity index (χ1v) is 10.2. The molecule has 2 aliphatic heterocycles. The molecule has 1 fully saturated rings. The molecule has 2 aromatic rings. The molecule has 6 heteroatoms. The van der Waals surface area contributed by atoms with Gasteiger partial charge in [-0.2, -0.15) is 0 Å². The van der Waals surface area contributed by atoms with Gasteiger partial charge in [0.1, 0.15) is 17.1 Å². The Balaban J connectivity index is 1.39. The van der Waals surface area contributed by atoms with E-state index in [0.29, 0.717) is 54.4 Å². The average molecular weight is 414 g/mol. The molecule has 152 valence electrons. The molecule has 0 bridgehead atoms. The Morgan fingerprint density at radius 1 is 1.21 bits per heavy atom. The highest BCUT2D eigenvalue weighted by Gasteiger charge is 2.44. The van der Waals surface area contributed by atoms with Crippen LogP contribution in [0.4, 0.5) is 0 Å². The molecule has 1 amide bonds. The molecule has 4 rings (SSSR count). The van der Waals surface area contributed by atoms with Crippen LogP contribution in [0.5, 0.6) is 11.5 Å². The van der Waals surface area contributed by atoms with Gasteiger partial charge in [-0.25, -0.2) is 0 Å². The number of nitrogens with zero attached hydrogens (tertiary/aromatic N) is 1. The summed E-state index contributed by atoms with van der Waals surface area (Å²) < 4.78 is 12.0. The van der Waals surface area contributed by atoms with E-state index < -0.39 is 5.60 Å². The summed E-state index contributed by atoms with van der Waals surface area (Å²) in [6.07, 6.45) is 1.56. The minimum Gasteiger partial charge on any atom is -0.486 e. The zero-order chi connectivity index (χ0) is 20.6. The molecule has 1 saturated heterocycles. The Hall–Kier alpha value is -2.53. The second-order valence-electron chi connectivity index (χ2n) is 7.97. The number of fused-ring (bicyclic) bond motifs is 1. The van der Waals surface area contributed by atoms with Gasteiger partial charge in [-0.15, -0.1) is 0 Å². The maximum atomic E-state index is 12.7. The number of piperidine rings is 1. The predicted molar refractivity (Wildman–Crippen MR) is 111 cm³/mol. The number of Topliss-reactive ketones (excluding diaryl/α,β-unsaturated/α-hetero) is 1. The molecule has 0 aromatic heterocycles. The SMILES string of the molecule is Cc1cccc(OCC(=O)N2CCC3(CC2)CC(=O)c2cc(Cl)cc(C)c2O3)c1. The van der Waals surface area contributed by atoms with Gasteiger partial charge in [-0.3, -0.25) is 9.59 Å². The van der Waals surface area contributed by atoms with Crippen molar-refractivity contribution in [3.8, 4) is 11.5 Å². The lowest BCUT2D eigenvalue weighted by molar-refractivity contribution is -0.136. The fourth-order valence-electron chi connectivity index (χ4n) is 4.10. The van der Waals surface area contributed by atoms with Crippen molar-refractivity contribution < 1.29 is 19.1 Å². The lowest BCUT2D eigenvalue weighted by atomic mass is 9.82. The molecule has 0 saturated carbocycles. The largest absolute Gasteiger partial charge is 0.486 e. The van der Waals surface area contributed by atoms with E-state index in [0.717, 1.165) is 11.1 Å². The quantitative estimate of drug-likeness (QED) is 0.750. The normalized spacial score (nSPS) is 17.6. The molecule has 0 N–H and O–H groups in total. The number of halogens is 1. The van der Waals surface area contributed by atoms with Crippen molar-refractivity contribution in [2.24, 2.45) is 0 Å². The van der Waals surface area contributed by atoms with Gasteiger partial charge in [0.05, 0.1) is 12.0 Å². The molecule has 2 heterocycles. The summed E-state index contributed by atoms with van der Waals surface area (Å²) in [7, 11) is 0. The van der Waals surface area contributed by atoms with Crippen LogP contribution in [0.2, 0.25) is 5.02 Å². The van der Waals surface area contributed by atoms with Crippen LogP contribution in [-0.2, 0) is 4.79 Å². The number of amides is 1. The molecule has 29 heavy (non-hydrogen) atoms. The molecule has 0 radical (unpaired) electrons. The number of rotatable bonds is 3. The third kappa shape index (κ3) is 4.10. The number of carbonyl (C=O) groups excluding carboxylic acids is 2. The van der Waals surface area contributed by atoms with E-state index in [-0.39, 0.29) is 18.3 Å². The summed E-state index contributed by atoms with van der Waals surface area (Å²) >= 11 is 6.10. The van der Waals surface area contributed by atoms with Crippen molar-refractivity contribution in [3.05, 3.63) is 58.1 Å². The molecule has 5 nitrogen and oxygen atoms in total. The number of ether oxygens (including phenoxy) is 2. The molecule has 0 unspecified atom stereocenters. The number of ketones is 1. The monoisotopic (exact) mass is 413 g/mol. The maximum absolute atomic E-state index is 12.7. The summed E-state index contributed by atoms with van der Waals surface area (Å²) in [5.74, 6) is 1.33. The van der Waals surface area contributed by atoms with Crippen LogP contribution in [0.3, 0.4) is 0 Å². The predicted octanol–water partition coefficient (Wildman–Crippen LogP) is 4.36. The molecule has 0 atom stereocenters. The van der Waals surface area contributed by atoms with Crippen LogP contribution < -0.4 is 9.47 Å². The van der Waals surface area contributed by atoms with Crippen LogP contribution in [0.1, 0.15) is 40.7 Å². The van der Waals surface area contributed by atoms with E-state index in [9.17, 15) is 9.59 Å². The van der Waals surface area contributed by atoms with Crippen LogP contribution in [0, 0.1) is 13.8 Å². The van der Waals surface area contributed by atoms with Gasteiger partial charge in [-0.05, 0) is 49.2 Å². The minimum absolute atomic E-state index is 0.0106. The minimum atomic E-state index is -0.545.